The Morgan fingerprint density at radius 2 is 2.00 bits per heavy atom. The summed E-state index contributed by atoms with van der Waals surface area (Å²) in [7, 11) is 0. The number of unbranched alkanes of at least 4 members (excludes halogenated alkanes) is 1. The van der Waals surface area contributed by atoms with Gasteiger partial charge in [0.05, 0.1) is 5.75 Å². The number of amides is 2. The molecule has 0 unspecified atom stereocenters. The van der Waals surface area contributed by atoms with E-state index < -0.39 is 5.54 Å². The topological polar surface area (TPSA) is 84.2 Å². The molecule has 2 aromatic rings. The number of carbonyl (C=O) groups is 2. The lowest BCUT2D eigenvalue weighted by atomic mass is 9.80. The largest absolute Gasteiger partial charge is 0.431 e. The van der Waals surface area contributed by atoms with Crippen molar-refractivity contribution < 1.29 is 14.0 Å². The van der Waals surface area contributed by atoms with Gasteiger partial charge >= 0.3 is 0 Å². The highest BCUT2D eigenvalue weighted by Crippen LogP contribution is 2.29. The molecule has 3 rings (SSSR count). The second kappa shape index (κ2) is 9.26. The van der Waals surface area contributed by atoms with E-state index in [4.69, 9.17) is 4.42 Å². The summed E-state index contributed by atoms with van der Waals surface area (Å²) >= 11 is 1.25. The second-order valence-electron chi connectivity index (χ2n) is 7.04. The van der Waals surface area contributed by atoms with Gasteiger partial charge in [-0.2, -0.15) is 0 Å². The highest BCUT2D eigenvalue weighted by Gasteiger charge is 2.40. The van der Waals surface area contributed by atoms with Crippen molar-refractivity contribution in [2.24, 2.45) is 0 Å². The molecule has 0 radical (unpaired) electrons. The molecule has 0 saturated heterocycles. The van der Waals surface area contributed by atoms with E-state index in [9.17, 15) is 9.59 Å². The number of nitrogens with one attached hydrogen (secondary N) is 2. The van der Waals surface area contributed by atoms with Crippen LogP contribution in [-0.4, -0.2) is 34.6 Å². The molecule has 2 N–H and O–H groups in total. The van der Waals surface area contributed by atoms with Crippen molar-refractivity contribution >= 4 is 34.7 Å². The van der Waals surface area contributed by atoms with Crippen LogP contribution in [0.5, 0.6) is 0 Å². The van der Waals surface area contributed by atoms with Gasteiger partial charge in [-0.05, 0) is 31.4 Å². The summed E-state index contributed by atoms with van der Waals surface area (Å²) in [5, 5.41) is 6.49. The predicted octanol–water partition coefficient (Wildman–Crippen LogP) is 3.66. The molecule has 0 bridgehead atoms. The van der Waals surface area contributed by atoms with Crippen LogP contribution < -0.4 is 10.6 Å². The van der Waals surface area contributed by atoms with Crippen LogP contribution in [0, 0.1) is 0 Å². The zero-order valence-corrected chi connectivity index (χ0v) is 16.6. The number of fused-ring (bicyclic) bond motifs is 1. The lowest BCUT2D eigenvalue weighted by Crippen LogP contribution is -2.60. The Bertz CT molecular complexity index is 751. The zero-order valence-electron chi connectivity index (χ0n) is 15.8. The minimum atomic E-state index is -0.773. The Morgan fingerprint density at radius 3 is 2.74 bits per heavy atom. The van der Waals surface area contributed by atoms with E-state index in [2.05, 4.69) is 22.5 Å². The van der Waals surface area contributed by atoms with Crippen molar-refractivity contribution in [3.05, 3.63) is 24.3 Å². The molecule has 27 heavy (non-hydrogen) atoms. The minimum Gasteiger partial charge on any atom is -0.431 e. The number of rotatable bonds is 8. The first-order chi connectivity index (χ1) is 13.1. The third kappa shape index (κ3) is 5.03. The monoisotopic (exact) mass is 389 g/mol. The Kier molecular flexibility index (Phi) is 6.77. The highest BCUT2D eigenvalue weighted by molar-refractivity contribution is 7.99. The summed E-state index contributed by atoms with van der Waals surface area (Å²) in [6.45, 7) is 2.75. The lowest BCUT2D eigenvalue weighted by Gasteiger charge is -2.36. The number of carbonyl (C=O) groups excluding carboxylic acids is 2. The van der Waals surface area contributed by atoms with Crippen LogP contribution in [0.3, 0.4) is 0 Å². The highest BCUT2D eigenvalue weighted by atomic mass is 32.2. The van der Waals surface area contributed by atoms with E-state index in [1.165, 1.54) is 11.8 Å². The molecule has 0 aliphatic heterocycles. The fourth-order valence-electron chi connectivity index (χ4n) is 3.46. The zero-order chi connectivity index (χ0) is 19.1. The van der Waals surface area contributed by atoms with Crippen LogP contribution in [0.25, 0.3) is 11.1 Å². The Labute approximate surface area is 163 Å². The maximum atomic E-state index is 12.8. The van der Waals surface area contributed by atoms with E-state index >= 15 is 0 Å². The van der Waals surface area contributed by atoms with Gasteiger partial charge in [-0.3, -0.25) is 9.59 Å². The summed E-state index contributed by atoms with van der Waals surface area (Å²) in [5.74, 6) is -0.0257. The van der Waals surface area contributed by atoms with E-state index in [1.807, 2.05) is 24.3 Å². The number of oxazole rings is 1. The maximum Gasteiger partial charge on any atom is 0.257 e. The number of hydrogen-bond acceptors (Lipinski definition) is 5. The molecule has 1 aliphatic rings. The smallest absolute Gasteiger partial charge is 0.257 e. The predicted molar refractivity (Wildman–Crippen MR) is 107 cm³/mol. The Hall–Kier alpha value is -2.02. The first kappa shape index (κ1) is 19.7. The Balaban J connectivity index is 1.59. The molecule has 0 spiro atoms. The van der Waals surface area contributed by atoms with Gasteiger partial charge in [0, 0.05) is 6.54 Å². The fraction of sp³-hybridized carbons (Fsp3) is 0.550. The molecule has 6 nitrogen and oxygen atoms in total. The third-order valence-corrected chi connectivity index (χ3v) is 5.77. The Morgan fingerprint density at radius 1 is 1.22 bits per heavy atom. The molecule has 2 amide bonds. The molecule has 1 heterocycles. The van der Waals surface area contributed by atoms with Crippen molar-refractivity contribution in [2.75, 3.05) is 12.3 Å². The van der Waals surface area contributed by atoms with Crippen LogP contribution in [-0.2, 0) is 9.59 Å². The molecule has 7 heteroatoms. The first-order valence-electron chi connectivity index (χ1n) is 9.71. The minimum absolute atomic E-state index is 0.0455. The summed E-state index contributed by atoms with van der Waals surface area (Å²) in [6, 6.07) is 7.51. The standard InChI is InChI=1S/C20H27N3O3S/c1-2-3-13-21-18(25)20(11-7-4-8-12-20)23-17(24)14-27-19-22-15-9-5-6-10-16(15)26-19/h5-6,9-10H,2-4,7-8,11-14H2,1H3,(H,21,25)(H,23,24). The van der Waals surface area contributed by atoms with Crippen molar-refractivity contribution in [1.29, 1.82) is 0 Å². The molecule has 1 aliphatic carbocycles. The van der Waals surface area contributed by atoms with Gasteiger partial charge in [-0.15, -0.1) is 0 Å². The number of hydrogen-bond donors (Lipinski definition) is 2. The van der Waals surface area contributed by atoms with Gasteiger partial charge < -0.3 is 15.1 Å². The third-order valence-electron chi connectivity index (χ3n) is 4.94. The summed E-state index contributed by atoms with van der Waals surface area (Å²) in [4.78, 5) is 29.7. The lowest BCUT2D eigenvalue weighted by molar-refractivity contribution is -0.134. The van der Waals surface area contributed by atoms with Crippen LogP contribution in [0.15, 0.2) is 33.9 Å². The van der Waals surface area contributed by atoms with Gasteiger partial charge in [0.15, 0.2) is 5.58 Å². The summed E-state index contributed by atoms with van der Waals surface area (Å²) < 4.78 is 5.64. The maximum absolute atomic E-state index is 12.8. The molecule has 1 aromatic heterocycles. The number of nitrogens with zero attached hydrogens (tertiary/aromatic N) is 1. The van der Waals surface area contributed by atoms with Crippen LogP contribution >= 0.6 is 11.8 Å². The van der Waals surface area contributed by atoms with E-state index in [0.29, 0.717) is 30.2 Å². The van der Waals surface area contributed by atoms with Gasteiger partial charge in [0.25, 0.3) is 5.22 Å². The van der Waals surface area contributed by atoms with Crippen molar-refractivity contribution in [2.45, 2.75) is 62.6 Å². The molecule has 1 saturated carbocycles. The summed E-state index contributed by atoms with van der Waals surface area (Å²) in [5.41, 5.74) is 0.712. The number of benzene rings is 1. The molecule has 1 aromatic carbocycles. The molecular weight excluding hydrogens is 362 g/mol. The van der Waals surface area contributed by atoms with E-state index in [0.717, 1.165) is 37.6 Å². The van der Waals surface area contributed by atoms with Crippen molar-refractivity contribution in [3.63, 3.8) is 0 Å². The van der Waals surface area contributed by atoms with Crippen LogP contribution in [0.1, 0.15) is 51.9 Å². The van der Waals surface area contributed by atoms with E-state index in [1.54, 1.807) is 0 Å². The fourth-order valence-corrected chi connectivity index (χ4v) is 4.09. The SMILES string of the molecule is CCCCNC(=O)C1(NC(=O)CSc2nc3ccccc3o2)CCCCC1. The normalized spacial score (nSPS) is 16.2. The number of aromatic nitrogens is 1. The quantitative estimate of drug-likeness (QED) is 0.532. The average molecular weight is 390 g/mol. The first-order valence-corrected chi connectivity index (χ1v) is 10.7. The van der Waals surface area contributed by atoms with Crippen molar-refractivity contribution in [3.8, 4) is 0 Å². The van der Waals surface area contributed by atoms with Crippen molar-refractivity contribution in [1.82, 2.24) is 15.6 Å². The average Bonchev–Trinajstić information content (AvgIpc) is 3.10. The van der Waals surface area contributed by atoms with E-state index in [-0.39, 0.29) is 17.6 Å². The number of thioether (sulfide) groups is 1. The molecule has 146 valence electrons. The van der Waals surface area contributed by atoms with Gasteiger partial charge in [0.2, 0.25) is 11.8 Å². The summed E-state index contributed by atoms with van der Waals surface area (Å²) in [6.07, 6.45) is 6.40. The van der Waals surface area contributed by atoms with Gasteiger partial charge in [-0.1, -0.05) is 56.5 Å². The van der Waals surface area contributed by atoms with Crippen LogP contribution in [0.4, 0.5) is 0 Å². The van der Waals surface area contributed by atoms with Crippen LogP contribution in [0.2, 0.25) is 0 Å². The molecule has 0 atom stereocenters. The van der Waals surface area contributed by atoms with Gasteiger partial charge in [0.1, 0.15) is 11.1 Å². The number of para-hydroxylation sites is 2. The molecular formula is C20H27N3O3S. The second-order valence-corrected chi connectivity index (χ2v) is 7.96. The molecule has 1 fully saturated rings. The van der Waals surface area contributed by atoms with Gasteiger partial charge in [-0.25, -0.2) is 4.98 Å².